The Bertz CT molecular complexity index is 1230. The van der Waals surface area contributed by atoms with Gasteiger partial charge in [-0.1, -0.05) is 30.3 Å². The fraction of sp³-hybridized carbons (Fsp3) is 0.0952. The molecule has 0 saturated carbocycles. The number of nitrogens with zero attached hydrogens (tertiary/aromatic N) is 2. The minimum Gasteiger partial charge on any atom is -0.352 e. The fourth-order valence-corrected chi connectivity index (χ4v) is 3.18. The van der Waals surface area contributed by atoms with Crippen molar-refractivity contribution in [2.24, 2.45) is 0 Å². The molecule has 0 aliphatic carbocycles. The quantitative estimate of drug-likeness (QED) is 0.496. The van der Waals surface area contributed by atoms with Gasteiger partial charge in [0.05, 0.1) is 23.0 Å². The van der Waals surface area contributed by atoms with Crippen LogP contribution in [-0.4, -0.2) is 15.8 Å². The van der Waals surface area contributed by atoms with Gasteiger partial charge in [-0.2, -0.15) is 18.4 Å². The molecule has 138 valence electrons. The van der Waals surface area contributed by atoms with Crippen LogP contribution in [0, 0.1) is 11.3 Å². The molecule has 0 radical (unpaired) electrons. The molecule has 4 aromatic rings. The molecule has 0 unspecified atom stereocenters. The molecule has 1 N–H and O–H groups in total. The van der Waals surface area contributed by atoms with Gasteiger partial charge >= 0.3 is 6.18 Å². The molecule has 2 aromatic heterocycles. The van der Waals surface area contributed by atoms with Gasteiger partial charge in [-0.05, 0) is 35.0 Å². The zero-order chi connectivity index (χ0) is 19.9. The van der Waals surface area contributed by atoms with E-state index in [1.165, 1.54) is 0 Å². The highest BCUT2D eigenvalue weighted by molar-refractivity contribution is 6.11. The number of aromatic amines is 1. The van der Waals surface area contributed by atoms with Crippen LogP contribution < -0.4 is 0 Å². The largest absolute Gasteiger partial charge is 0.417 e. The van der Waals surface area contributed by atoms with Gasteiger partial charge in [0, 0.05) is 17.1 Å². The Kier molecular flexibility index (Phi) is 4.12. The second-order valence-corrected chi connectivity index (χ2v) is 6.33. The van der Waals surface area contributed by atoms with E-state index in [9.17, 15) is 23.2 Å². The van der Waals surface area contributed by atoms with Gasteiger partial charge in [0.1, 0.15) is 0 Å². The van der Waals surface area contributed by atoms with Crippen LogP contribution in [0.4, 0.5) is 13.2 Å². The summed E-state index contributed by atoms with van der Waals surface area (Å²) in [5.74, 6) is -1.85. The number of carbonyl (C=O) groups is 1. The third kappa shape index (κ3) is 2.99. The second kappa shape index (κ2) is 6.50. The number of ketones is 1. The first-order chi connectivity index (χ1) is 13.4. The summed E-state index contributed by atoms with van der Waals surface area (Å²) in [4.78, 5) is 19.5. The number of hydrogen-bond acceptors (Lipinski definition) is 3. The van der Waals surface area contributed by atoms with Crippen LogP contribution in [0.3, 0.4) is 0 Å². The molecule has 7 heteroatoms. The van der Waals surface area contributed by atoms with Crippen LogP contribution >= 0.6 is 0 Å². The Labute approximate surface area is 157 Å². The maximum absolute atomic E-state index is 12.8. The highest BCUT2D eigenvalue weighted by Crippen LogP contribution is 2.31. The van der Waals surface area contributed by atoms with E-state index in [2.05, 4.69) is 9.97 Å². The van der Waals surface area contributed by atoms with Crippen LogP contribution in [0.2, 0.25) is 0 Å². The lowest BCUT2D eigenvalue weighted by Gasteiger charge is -2.09. The Morgan fingerprint density at radius 1 is 1.07 bits per heavy atom. The first-order valence-electron chi connectivity index (χ1n) is 8.36. The predicted molar refractivity (Wildman–Crippen MR) is 97.7 cm³/mol. The van der Waals surface area contributed by atoms with Crippen molar-refractivity contribution in [2.75, 3.05) is 0 Å². The lowest BCUT2D eigenvalue weighted by molar-refractivity contribution is -0.137. The molecular formula is C21H12F3N3O. The van der Waals surface area contributed by atoms with Crippen molar-refractivity contribution in [3.05, 3.63) is 77.7 Å². The number of nitrogens with one attached hydrogen (secondary N) is 1. The van der Waals surface area contributed by atoms with Crippen molar-refractivity contribution in [1.29, 1.82) is 5.26 Å². The molecule has 2 heterocycles. The summed E-state index contributed by atoms with van der Waals surface area (Å²) in [5.41, 5.74) is -0.0137. The van der Waals surface area contributed by atoms with Crippen LogP contribution in [0.5, 0.6) is 0 Å². The Balaban J connectivity index is 1.73. The molecule has 0 bridgehead atoms. The van der Waals surface area contributed by atoms with E-state index in [0.717, 1.165) is 33.8 Å². The van der Waals surface area contributed by atoms with E-state index in [4.69, 9.17) is 0 Å². The first-order valence-corrected chi connectivity index (χ1v) is 8.36. The highest BCUT2D eigenvalue weighted by Gasteiger charge is 2.32. The zero-order valence-electron chi connectivity index (χ0n) is 14.3. The number of carbonyl (C=O) groups excluding carboxylic acids is 1. The number of aromatic nitrogens is 2. The second-order valence-electron chi connectivity index (χ2n) is 6.33. The molecular weight excluding hydrogens is 367 g/mol. The van der Waals surface area contributed by atoms with E-state index in [1.807, 2.05) is 42.5 Å². The predicted octanol–water partition coefficient (Wildman–Crippen LogP) is 5.22. The number of halogens is 3. The summed E-state index contributed by atoms with van der Waals surface area (Å²) in [6.45, 7) is 0. The number of H-pyrrole nitrogens is 1. The summed E-state index contributed by atoms with van der Waals surface area (Å²) in [6, 6.07) is 16.8. The molecule has 28 heavy (non-hydrogen) atoms. The topological polar surface area (TPSA) is 69.5 Å². The number of benzene rings is 2. The molecule has 4 nitrogen and oxygen atoms in total. The van der Waals surface area contributed by atoms with Crippen LogP contribution in [0.15, 0.2) is 60.8 Å². The van der Waals surface area contributed by atoms with Gasteiger partial charge in [0.2, 0.25) is 5.78 Å². The van der Waals surface area contributed by atoms with Crippen LogP contribution in [-0.2, 0) is 6.18 Å². The molecule has 0 aliphatic heterocycles. The smallest absolute Gasteiger partial charge is 0.352 e. The van der Waals surface area contributed by atoms with Crippen molar-refractivity contribution in [2.45, 2.75) is 12.1 Å². The van der Waals surface area contributed by atoms with E-state index in [-0.39, 0.29) is 11.4 Å². The average molecular weight is 379 g/mol. The van der Waals surface area contributed by atoms with Crippen LogP contribution in [0.25, 0.3) is 21.7 Å². The zero-order valence-corrected chi connectivity index (χ0v) is 14.3. The van der Waals surface area contributed by atoms with Crippen molar-refractivity contribution in [3.8, 4) is 6.07 Å². The average Bonchev–Trinajstić information content (AvgIpc) is 3.13. The van der Waals surface area contributed by atoms with E-state index >= 15 is 0 Å². The summed E-state index contributed by atoms with van der Waals surface area (Å²) in [5, 5.41) is 12.2. The minimum absolute atomic E-state index is 0.0241. The molecule has 0 amide bonds. The van der Waals surface area contributed by atoms with Crippen molar-refractivity contribution in [3.63, 3.8) is 0 Å². The molecule has 0 saturated heterocycles. The van der Waals surface area contributed by atoms with Crippen LogP contribution in [0.1, 0.15) is 27.7 Å². The summed E-state index contributed by atoms with van der Waals surface area (Å²) >= 11 is 0. The van der Waals surface area contributed by atoms with Crippen molar-refractivity contribution >= 4 is 27.5 Å². The standard InChI is InChI=1S/C21H12F3N3O/c22-21(23,24)13-6-8-17(26-11-13)16(10-25)20(28)19-9-15-14-4-2-1-3-12(14)5-7-18(15)27-19/h1-9,11,16,27H/t16-/m1/s1. The summed E-state index contributed by atoms with van der Waals surface area (Å²) in [6.07, 6.45) is -3.90. The minimum atomic E-state index is -4.53. The van der Waals surface area contributed by atoms with Gasteiger partial charge in [0.25, 0.3) is 0 Å². The van der Waals surface area contributed by atoms with E-state index in [1.54, 1.807) is 6.07 Å². The monoisotopic (exact) mass is 379 g/mol. The summed E-state index contributed by atoms with van der Waals surface area (Å²) in [7, 11) is 0. The number of fused-ring (bicyclic) bond motifs is 3. The van der Waals surface area contributed by atoms with E-state index in [0.29, 0.717) is 6.20 Å². The first kappa shape index (κ1) is 17.7. The number of nitriles is 1. The van der Waals surface area contributed by atoms with Crippen molar-refractivity contribution < 1.29 is 18.0 Å². The van der Waals surface area contributed by atoms with Gasteiger partial charge in [-0.3, -0.25) is 9.78 Å². The maximum Gasteiger partial charge on any atom is 0.417 e. The lowest BCUT2D eigenvalue weighted by Crippen LogP contribution is -2.14. The number of pyridine rings is 1. The summed E-state index contributed by atoms with van der Waals surface area (Å²) < 4.78 is 38.1. The molecule has 4 rings (SSSR count). The third-order valence-corrected chi connectivity index (χ3v) is 4.59. The van der Waals surface area contributed by atoms with Gasteiger partial charge in [-0.15, -0.1) is 0 Å². The number of hydrogen-bond donors (Lipinski definition) is 1. The molecule has 2 aromatic carbocycles. The Hall–Kier alpha value is -3.66. The molecule has 0 aliphatic rings. The lowest BCUT2D eigenvalue weighted by atomic mass is 9.98. The van der Waals surface area contributed by atoms with Gasteiger partial charge < -0.3 is 4.98 Å². The molecule has 1 atom stereocenters. The SMILES string of the molecule is N#C[C@@H](C(=O)c1cc2c(ccc3ccccc32)[nH]1)c1ccc(C(F)(F)F)cn1. The molecule has 0 fully saturated rings. The fourth-order valence-electron chi connectivity index (χ4n) is 3.18. The number of Topliss-reactive ketones (excluding diaryl/α,β-unsaturated/α-hetero) is 1. The number of rotatable bonds is 3. The maximum atomic E-state index is 12.8. The normalized spacial score (nSPS) is 12.8. The highest BCUT2D eigenvalue weighted by atomic mass is 19.4. The molecule has 0 spiro atoms. The van der Waals surface area contributed by atoms with Gasteiger partial charge in [0.15, 0.2) is 5.92 Å². The Morgan fingerprint density at radius 2 is 1.86 bits per heavy atom. The Morgan fingerprint density at radius 3 is 2.54 bits per heavy atom. The number of alkyl halides is 3. The third-order valence-electron chi connectivity index (χ3n) is 4.59. The van der Waals surface area contributed by atoms with Gasteiger partial charge in [-0.25, -0.2) is 0 Å². The van der Waals surface area contributed by atoms with E-state index < -0.39 is 23.4 Å². The van der Waals surface area contributed by atoms with Crippen molar-refractivity contribution in [1.82, 2.24) is 9.97 Å².